The van der Waals surface area contributed by atoms with E-state index in [0.29, 0.717) is 17.8 Å². The molecule has 1 heterocycles. The molecule has 3 aromatic rings. The minimum atomic E-state index is -0.858. The van der Waals surface area contributed by atoms with Gasteiger partial charge in [0.2, 0.25) is 5.76 Å². The summed E-state index contributed by atoms with van der Waals surface area (Å²) in [5.41, 5.74) is 0.990. The van der Waals surface area contributed by atoms with Crippen molar-refractivity contribution in [1.82, 2.24) is 5.32 Å². The summed E-state index contributed by atoms with van der Waals surface area (Å²) >= 11 is 0. The Bertz CT molecular complexity index is 1080. The lowest BCUT2D eigenvalue weighted by Crippen LogP contribution is -2.23. The molecule has 0 aliphatic rings. The molecule has 7 nitrogen and oxygen atoms in total. The smallest absolute Gasteiger partial charge is 0.374 e. The number of furan rings is 1. The van der Waals surface area contributed by atoms with Crippen LogP contribution in [-0.4, -0.2) is 30.9 Å². The molecule has 30 heavy (non-hydrogen) atoms. The summed E-state index contributed by atoms with van der Waals surface area (Å²) in [6.07, 6.45) is 0. The molecule has 0 radical (unpaired) electrons. The fourth-order valence-corrected chi connectivity index (χ4v) is 2.65. The van der Waals surface area contributed by atoms with Gasteiger partial charge in [0.15, 0.2) is 6.61 Å². The van der Waals surface area contributed by atoms with Gasteiger partial charge in [-0.1, -0.05) is 18.2 Å². The Morgan fingerprint density at radius 3 is 2.60 bits per heavy atom. The van der Waals surface area contributed by atoms with Gasteiger partial charge in [0, 0.05) is 17.8 Å². The van der Waals surface area contributed by atoms with Crippen LogP contribution in [0.25, 0.3) is 11.3 Å². The van der Waals surface area contributed by atoms with Gasteiger partial charge >= 0.3 is 5.97 Å². The second-order valence-corrected chi connectivity index (χ2v) is 6.21. The van der Waals surface area contributed by atoms with Crippen LogP contribution in [0.2, 0.25) is 0 Å². The van der Waals surface area contributed by atoms with Gasteiger partial charge < -0.3 is 19.8 Å². The van der Waals surface area contributed by atoms with Crippen LogP contribution >= 0.6 is 0 Å². The lowest BCUT2D eigenvalue weighted by Gasteiger charge is -2.08. The molecule has 0 fully saturated rings. The quantitative estimate of drug-likeness (QED) is 0.580. The zero-order valence-corrected chi connectivity index (χ0v) is 16.1. The van der Waals surface area contributed by atoms with Crippen molar-refractivity contribution in [2.24, 2.45) is 0 Å². The lowest BCUT2D eigenvalue weighted by atomic mass is 10.1. The number of rotatable bonds is 7. The third-order valence-electron chi connectivity index (χ3n) is 4.03. The number of carbonyl (C=O) groups excluding carboxylic acids is 3. The van der Waals surface area contributed by atoms with E-state index in [4.69, 9.17) is 9.15 Å². The molecule has 0 bridgehead atoms. The molecule has 0 aliphatic heterocycles. The van der Waals surface area contributed by atoms with Crippen molar-refractivity contribution in [2.75, 3.05) is 18.5 Å². The topological polar surface area (TPSA) is 97.6 Å². The number of anilines is 1. The molecule has 0 aliphatic carbocycles. The number of nitrogens with one attached hydrogen (secondary N) is 2. The van der Waals surface area contributed by atoms with Crippen LogP contribution < -0.4 is 10.6 Å². The van der Waals surface area contributed by atoms with E-state index in [-0.39, 0.29) is 23.0 Å². The third kappa shape index (κ3) is 5.11. The first-order valence-corrected chi connectivity index (χ1v) is 9.18. The molecule has 2 aromatic carbocycles. The average molecular weight is 410 g/mol. The molecular weight excluding hydrogens is 391 g/mol. The second-order valence-electron chi connectivity index (χ2n) is 6.21. The highest BCUT2D eigenvalue weighted by Gasteiger charge is 2.17. The minimum absolute atomic E-state index is 0.153. The summed E-state index contributed by atoms with van der Waals surface area (Å²) in [6.45, 7) is 1.73. The van der Waals surface area contributed by atoms with Gasteiger partial charge in [-0.3, -0.25) is 9.59 Å². The van der Waals surface area contributed by atoms with Crippen LogP contribution in [0.15, 0.2) is 65.1 Å². The Hall–Kier alpha value is -3.94. The number of hydrogen-bond acceptors (Lipinski definition) is 5. The summed E-state index contributed by atoms with van der Waals surface area (Å²) in [5.74, 6) is -2.17. The van der Waals surface area contributed by atoms with Gasteiger partial charge in [-0.15, -0.1) is 0 Å². The van der Waals surface area contributed by atoms with Crippen molar-refractivity contribution in [3.8, 4) is 11.3 Å². The highest BCUT2D eigenvalue weighted by Crippen LogP contribution is 2.25. The first kappa shape index (κ1) is 20.8. The summed E-state index contributed by atoms with van der Waals surface area (Å²) < 4.78 is 24.1. The maximum Gasteiger partial charge on any atom is 0.374 e. The highest BCUT2D eigenvalue weighted by atomic mass is 19.1. The molecule has 8 heteroatoms. The summed E-state index contributed by atoms with van der Waals surface area (Å²) in [7, 11) is 0. The van der Waals surface area contributed by atoms with Crippen molar-refractivity contribution in [1.29, 1.82) is 0 Å². The lowest BCUT2D eigenvalue weighted by molar-refractivity contribution is -0.119. The van der Waals surface area contributed by atoms with Crippen LogP contribution in [0.4, 0.5) is 10.1 Å². The molecule has 2 N–H and O–H groups in total. The van der Waals surface area contributed by atoms with Crippen LogP contribution in [0, 0.1) is 5.82 Å². The average Bonchev–Trinajstić information content (AvgIpc) is 3.23. The molecule has 2 amide bonds. The summed E-state index contributed by atoms with van der Waals surface area (Å²) in [5, 5.41) is 5.21. The van der Waals surface area contributed by atoms with E-state index in [9.17, 15) is 18.8 Å². The fraction of sp³-hybridized carbons (Fsp3) is 0.136. The molecule has 0 atom stereocenters. The number of halogens is 1. The number of benzene rings is 2. The first-order valence-electron chi connectivity index (χ1n) is 9.18. The van der Waals surface area contributed by atoms with E-state index in [1.54, 1.807) is 37.3 Å². The molecule has 0 unspecified atom stereocenters. The molecule has 1 aromatic heterocycles. The van der Waals surface area contributed by atoms with Crippen molar-refractivity contribution < 1.29 is 27.9 Å². The van der Waals surface area contributed by atoms with Gasteiger partial charge in [0.1, 0.15) is 11.6 Å². The minimum Gasteiger partial charge on any atom is -0.450 e. The Morgan fingerprint density at radius 2 is 1.83 bits per heavy atom. The maximum atomic E-state index is 13.8. The molecule has 0 saturated heterocycles. The standard InChI is InChI=1S/C22H19FN2O5/c1-2-24-21(27)14-6-5-7-15(12-14)25-20(26)13-29-22(28)19-11-10-18(30-19)16-8-3-4-9-17(16)23/h3-12H,2,13H2,1H3,(H,24,27)(H,25,26). The van der Waals surface area contributed by atoms with Crippen LogP contribution in [0.1, 0.15) is 27.8 Å². The summed E-state index contributed by atoms with van der Waals surface area (Å²) in [6, 6.07) is 15.1. The largest absolute Gasteiger partial charge is 0.450 e. The third-order valence-corrected chi connectivity index (χ3v) is 4.03. The molecule has 0 saturated carbocycles. The van der Waals surface area contributed by atoms with Crippen molar-refractivity contribution in [2.45, 2.75) is 6.92 Å². The van der Waals surface area contributed by atoms with E-state index >= 15 is 0 Å². The van der Waals surface area contributed by atoms with Gasteiger partial charge in [-0.05, 0) is 49.4 Å². The molecule has 0 spiro atoms. The van der Waals surface area contributed by atoms with Gasteiger partial charge in [0.05, 0.1) is 5.56 Å². The van der Waals surface area contributed by atoms with E-state index in [1.165, 1.54) is 30.3 Å². The van der Waals surface area contributed by atoms with E-state index < -0.39 is 24.3 Å². The Labute approximate surface area is 171 Å². The fourth-order valence-electron chi connectivity index (χ4n) is 2.65. The predicted molar refractivity (Wildman–Crippen MR) is 107 cm³/mol. The van der Waals surface area contributed by atoms with Crippen LogP contribution in [0.5, 0.6) is 0 Å². The van der Waals surface area contributed by atoms with Gasteiger partial charge in [0.25, 0.3) is 11.8 Å². The second kappa shape index (κ2) is 9.51. The maximum absolute atomic E-state index is 13.8. The van der Waals surface area contributed by atoms with Gasteiger partial charge in [-0.25, -0.2) is 9.18 Å². The number of esters is 1. The van der Waals surface area contributed by atoms with E-state index in [1.807, 2.05) is 0 Å². The molecule has 3 rings (SSSR count). The zero-order chi connectivity index (χ0) is 21.5. The number of carbonyl (C=O) groups is 3. The zero-order valence-electron chi connectivity index (χ0n) is 16.1. The van der Waals surface area contributed by atoms with Crippen LogP contribution in [-0.2, 0) is 9.53 Å². The number of amides is 2. The Kier molecular flexibility index (Phi) is 6.59. The Morgan fingerprint density at radius 1 is 1.03 bits per heavy atom. The van der Waals surface area contributed by atoms with E-state index in [2.05, 4.69) is 10.6 Å². The van der Waals surface area contributed by atoms with Gasteiger partial charge in [-0.2, -0.15) is 0 Å². The SMILES string of the molecule is CCNC(=O)c1cccc(NC(=O)COC(=O)c2ccc(-c3ccccc3F)o2)c1. The summed E-state index contributed by atoms with van der Waals surface area (Å²) in [4.78, 5) is 36.0. The monoisotopic (exact) mass is 410 g/mol. The van der Waals surface area contributed by atoms with Crippen molar-refractivity contribution in [3.63, 3.8) is 0 Å². The highest BCUT2D eigenvalue weighted by molar-refractivity contribution is 5.98. The number of hydrogen-bond donors (Lipinski definition) is 2. The number of ether oxygens (including phenoxy) is 1. The predicted octanol–water partition coefficient (Wildman–Crippen LogP) is 3.63. The molecule has 154 valence electrons. The van der Waals surface area contributed by atoms with E-state index in [0.717, 1.165) is 0 Å². The van der Waals surface area contributed by atoms with Crippen molar-refractivity contribution in [3.05, 3.63) is 77.8 Å². The molecular formula is C22H19FN2O5. The van der Waals surface area contributed by atoms with Crippen LogP contribution in [0.3, 0.4) is 0 Å². The normalized spacial score (nSPS) is 10.3. The van der Waals surface area contributed by atoms with Crippen molar-refractivity contribution >= 4 is 23.5 Å². The first-order chi connectivity index (χ1) is 14.5. The Balaban J connectivity index is 1.57.